The molecule has 0 amide bonds. The minimum Gasteiger partial charge on any atom is -0.310 e. The van der Waals surface area contributed by atoms with Gasteiger partial charge in [0.15, 0.2) is 0 Å². The Hall–Kier alpha value is -1.10. The highest BCUT2D eigenvalue weighted by molar-refractivity contribution is 4.78. The van der Waals surface area contributed by atoms with Gasteiger partial charge in [0.2, 0.25) is 0 Å². The third-order valence-electron chi connectivity index (χ3n) is 1.09. The average Bonchev–Trinajstić information content (AvgIpc) is 2.31. The number of nitrogens with one attached hydrogen (secondary N) is 3. The lowest BCUT2D eigenvalue weighted by Gasteiger charge is -1.93. The number of H-pyrrole nitrogens is 2. The molecule has 10 heavy (non-hydrogen) atoms. The zero-order valence-corrected chi connectivity index (χ0v) is 5.77. The summed E-state index contributed by atoms with van der Waals surface area (Å²) in [5, 5.41) is 9.00. The molecule has 0 bridgehead atoms. The Morgan fingerprint density at radius 3 is 3.00 bits per heavy atom. The van der Waals surface area contributed by atoms with Crippen molar-refractivity contribution in [3.63, 3.8) is 0 Å². The van der Waals surface area contributed by atoms with Crippen molar-refractivity contribution in [3.8, 4) is 0 Å². The smallest absolute Gasteiger partial charge is 0.310 e. The summed E-state index contributed by atoms with van der Waals surface area (Å²) in [5.41, 5.74) is -0.257. The standard InChI is InChI=1S/C5H10N4O/c1-2-6-3-4-7-5(10)9-8-4/h6H,2-3H2,1H3,(H2,7,8,9,10). The van der Waals surface area contributed by atoms with Gasteiger partial charge in [-0.2, -0.15) is 5.10 Å². The summed E-state index contributed by atoms with van der Waals surface area (Å²) < 4.78 is 0. The number of rotatable bonds is 3. The lowest BCUT2D eigenvalue weighted by atomic mass is 10.6. The Kier molecular flexibility index (Phi) is 2.22. The lowest BCUT2D eigenvalue weighted by molar-refractivity contribution is 0.693. The van der Waals surface area contributed by atoms with E-state index in [2.05, 4.69) is 20.5 Å². The maximum Gasteiger partial charge on any atom is 0.340 e. The summed E-state index contributed by atoms with van der Waals surface area (Å²) in [6.45, 7) is 3.47. The van der Waals surface area contributed by atoms with Gasteiger partial charge in [-0.05, 0) is 6.54 Å². The fraction of sp³-hybridized carbons (Fsp3) is 0.600. The van der Waals surface area contributed by atoms with E-state index in [4.69, 9.17) is 0 Å². The van der Waals surface area contributed by atoms with E-state index in [0.717, 1.165) is 6.54 Å². The molecular weight excluding hydrogens is 132 g/mol. The highest BCUT2D eigenvalue weighted by Gasteiger charge is 1.93. The molecule has 0 aliphatic rings. The van der Waals surface area contributed by atoms with E-state index in [-0.39, 0.29) is 5.69 Å². The zero-order chi connectivity index (χ0) is 7.40. The van der Waals surface area contributed by atoms with Crippen molar-refractivity contribution in [2.75, 3.05) is 6.54 Å². The van der Waals surface area contributed by atoms with E-state index in [9.17, 15) is 4.79 Å². The molecule has 5 nitrogen and oxygen atoms in total. The van der Waals surface area contributed by atoms with Crippen molar-refractivity contribution in [1.29, 1.82) is 0 Å². The molecule has 0 aliphatic carbocycles. The van der Waals surface area contributed by atoms with Crippen LogP contribution in [0.2, 0.25) is 0 Å². The normalized spacial score (nSPS) is 10.1. The number of aromatic nitrogens is 3. The molecule has 0 spiro atoms. The Labute approximate surface area is 57.9 Å². The molecule has 0 saturated heterocycles. The van der Waals surface area contributed by atoms with Crippen molar-refractivity contribution >= 4 is 0 Å². The molecule has 1 aromatic rings. The van der Waals surface area contributed by atoms with Crippen molar-refractivity contribution in [2.45, 2.75) is 13.5 Å². The van der Waals surface area contributed by atoms with Gasteiger partial charge in [-0.15, -0.1) is 0 Å². The third-order valence-corrected chi connectivity index (χ3v) is 1.09. The first-order chi connectivity index (χ1) is 4.83. The van der Waals surface area contributed by atoms with Crippen LogP contribution in [0, 0.1) is 0 Å². The summed E-state index contributed by atoms with van der Waals surface area (Å²) in [6, 6.07) is 0. The van der Waals surface area contributed by atoms with Crippen LogP contribution in [-0.2, 0) is 6.54 Å². The van der Waals surface area contributed by atoms with Crippen LogP contribution in [0.15, 0.2) is 4.79 Å². The molecular formula is C5H10N4O. The fourth-order valence-electron chi connectivity index (χ4n) is 0.632. The Morgan fingerprint density at radius 1 is 1.70 bits per heavy atom. The third kappa shape index (κ3) is 1.70. The van der Waals surface area contributed by atoms with Crippen LogP contribution in [0.1, 0.15) is 12.7 Å². The topological polar surface area (TPSA) is 73.6 Å². The van der Waals surface area contributed by atoms with Crippen molar-refractivity contribution in [2.24, 2.45) is 0 Å². The van der Waals surface area contributed by atoms with Gasteiger partial charge in [0, 0.05) is 0 Å². The first kappa shape index (κ1) is 7.01. The molecule has 0 radical (unpaired) electrons. The molecule has 0 atom stereocenters. The van der Waals surface area contributed by atoms with E-state index in [1.165, 1.54) is 0 Å². The van der Waals surface area contributed by atoms with E-state index < -0.39 is 0 Å². The van der Waals surface area contributed by atoms with E-state index >= 15 is 0 Å². The predicted octanol–water partition coefficient (Wildman–Crippen LogP) is -0.792. The van der Waals surface area contributed by atoms with Gasteiger partial charge in [-0.1, -0.05) is 6.92 Å². The van der Waals surface area contributed by atoms with Gasteiger partial charge in [0.1, 0.15) is 5.82 Å². The zero-order valence-electron chi connectivity index (χ0n) is 5.77. The molecule has 56 valence electrons. The van der Waals surface area contributed by atoms with Crippen LogP contribution >= 0.6 is 0 Å². The van der Waals surface area contributed by atoms with Crippen molar-refractivity contribution in [3.05, 3.63) is 16.3 Å². The molecule has 0 aliphatic heterocycles. The van der Waals surface area contributed by atoms with Gasteiger partial charge >= 0.3 is 5.69 Å². The van der Waals surface area contributed by atoms with Crippen LogP contribution in [0.25, 0.3) is 0 Å². The molecule has 3 N–H and O–H groups in total. The van der Waals surface area contributed by atoms with Crippen LogP contribution in [0.3, 0.4) is 0 Å². The van der Waals surface area contributed by atoms with Gasteiger partial charge in [-0.3, -0.25) is 4.98 Å². The molecule has 5 heteroatoms. The first-order valence-electron chi connectivity index (χ1n) is 3.17. The molecule has 1 rings (SSSR count). The second-order valence-corrected chi connectivity index (χ2v) is 1.90. The maximum atomic E-state index is 10.5. The summed E-state index contributed by atoms with van der Waals surface area (Å²) in [7, 11) is 0. The Balaban J connectivity index is 2.50. The number of aromatic amines is 2. The second-order valence-electron chi connectivity index (χ2n) is 1.90. The Morgan fingerprint density at radius 2 is 2.50 bits per heavy atom. The largest absolute Gasteiger partial charge is 0.340 e. The quantitative estimate of drug-likeness (QED) is 0.517. The van der Waals surface area contributed by atoms with Gasteiger partial charge in [0.25, 0.3) is 0 Å². The van der Waals surface area contributed by atoms with Gasteiger partial charge < -0.3 is 5.32 Å². The lowest BCUT2D eigenvalue weighted by Crippen LogP contribution is -2.13. The van der Waals surface area contributed by atoms with Crippen LogP contribution in [0.4, 0.5) is 0 Å². The van der Waals surface area contributed by atoms with E-state index in [1.54, 1.807) is 0 Å². The van der Waals surface area contributed by atoms with Crippen LogP contribution in [-0.4, -0.2) is 21.7 Å². The van der Waals surface area contributed by atoms with Crippen LogP contribution < -0.4 is 11.0 Å². The minimum absolute atomic E-state index is 0.257. The van der Waals surface area contributed by atoms with E-state index in [1.807, 2.05) is 6.92 Å². The molecule has 1 aromatic heterocycles. The molecule has 0 fully saturated rings. The minimum atomic E-state index is -0.257. The summed E-state index contributed by atoms with van der Waals surface area (Å²) in [5.74, 6) is 0.645. The van der Waals surface area contributed by atoms with Crippen molar-refractivity contribution < 1.29 is 0 Å². The highest BCUT2D eigenvalue weighted by atomic mass is 16.1. The predicted molar refractivity (Wildman–Crippen MR) is 36.6 cm³/mol. The average molecular weight is 142 g/mol. The summed E-state index contributed by atoms with van der Waals surface area (Å²) in [4.78, 5) is 13.0. The maximum absolute atomic E-state index is 10.5. The molecule has 0 aromatic carbocycles. The fourth-order valence-corrected chi connectivity index (χ4v) is 0.632. The molecule has 0 unspecified atom stereocenters. The van der Waals surface area contributed by atoms with Gasteiger partial charge in [-0.25, -0.2) is 9.89 Å². The second kappa shape index (κ2) is 3.17. The number of hydrogen-bond donors (Lipinski definition) is 3. The highest BCUT2D eigenvalue weighted by Crippen LogP contribution is 1.77. The number of nitrogens with zero attached hydrogens (tertiary/aromatic N) is 1. The van der Waals surface area contributed by atoms with Crippen molar-refractivity contribution in [1.82, 2.24) is 20.5 Å². The van der Waals surface area contributed by atoms with Gasteiger partial charge in [0.05, 0.1) is 6.54 Å². The number of hydrogen-bond acceptors (Lipinski definition) is 3. The monoisotopic (exact) mass is 142 g/mol. The van der Waals surface area contributed by atoms with Crippen LogP contribution in [0.5, 0.6) is 0 Å². The molecule has 1 heterocycles. The van der Waals surface area contributed by atoms with E-state index in [0.29, 0.717) is 12.4 Å². The summed E-state index contributed by atoms with van der Waals surface area (Å²) >= 11 is 0. The molecule has 0 saturated carbocycles. The first-order valence-corrected chi connectivity index (χ1v) is 3.17. The SMILES string of the molecule is CCNCc1n[nH]c(=O)[nH]1. The Bertz CT molecular complexity index is 238. The summed E-state index contributed by atoms with van der Waals surface area (Å²) in [6.07, 6.45) is 0.